The van der Waals surface area contributed by atoms with E-state index in [1.54, 1.807) is 18.2 Å². The van der Waals surface area contributed by atoms with E-state index in [0.29, 0.717) is 22.9 Å². The van der Waals surface area contributed by atoms with Crippen LogP contribution in [0.4, 0.5) is 10.5 Å². The zero-order valence-corrected chi connectivity index (χ0v) is 11.6. The highest BCUT2D eigenvalue weighted by atomic mass is 35.5. The van der Waals surface area contributed by atoms with E-state index in [1.165, 1.54) is 0 Å². The zero-order chi connectivity index (χ0) is 14.3. The molecule has 0 fully saturated rings. The fraction of sp³-hybridized carbons (Fsp3) is 0.357. The predicted molar refractivity (Wildman–Crippen MR) is 75.2 cm³/mol. The summed E-state index contributed by atoms with van der Waals surface area (Å²) in [5.74, 6) is 5.51. The molecule has 0 bridgehead atoms. The standard InChI is InChI=1S/C14H16ClNO3/c1-10(2)9-19-14(18)16-13-8-12(15)6-5-11(13)4-3-7-17/h5-6,8,10,17H,7,9H2,1-2H3,(H,16,18). The molecule has 0 radical (unpaired) electrons. The molecule has 0 unspecified atom stereocenters. The Kier molecular flexibility index (Phi) is 6.20. The van der Waals surface area contributed by atoms with Crippen LogP contribution in [-0.4, -0.2) is 24.4 Å². The molecule has 0 saturated heterocycles. The van der Waals surface area contributed by atoms with Crippen LogP contribution in [0.2, 0.25) is 5.02 Å². The average Bonchev–Trinajstić information content (AvgIpc) is 2.35. The molecule has 102 valence electrons. The molecule has 0 atom stereocenters. The Balaban J connectivity index is 2.80. The summed E-state index contributed by atoms with van der Waals surface area (Å²) in [4.78, 5) is 11.6. The normalized spacial score (nSPS) is 9.74. The molecule has 2 N–H and O–H groups in total. The number of carbonyl (C=O) groups is 1. The lowest BCUT2D eigenvalue weighted by atomic mass is 10.2. The molecular weight excluding hydrogens is 266 g/mol. The summed E-state index contributed by atoms with van der Waals surface area (Å²) in [6.07, 6.45) is -0.553. The van der Waals surface area contributed by atoms with Gasteiger partial charge in [0.2, 0.25) is 0 Å². The van der Waals surface area contributed by atoms with Gasteiger partial charge in [-0.15, -0.1) is 0 Å². The molecular formula is C14H16ClNO3. The average molecular weight is 282 g/mol. The molecule has 0 spiro atoms. The van der Waals surface area contributed by atoms with Crippen molar-refractivity contribution in [3.8, 4) is 11.8 Å². The van der Waals surface area contributed by atoms with Gasteiger partial charge in [0.1, 0.15) is 6.61 Å². The van der Waals surface area contributed by atoms with Crippen molar-refractivity contribution < 1.29 is 14.6 Å². The van der Waals surface area contributed by atoms with Crippen molar-refractivity contribution in [2.45, 2.75) is 13.8 Å². The molecule has 1 rings (SSSR count). The topological polar surface area (TPSA) is 58.6 Å². The first-order valence-electron chi connectivity index (χ1n) is 5.86. The Bertz CT molecular complexity index is 503. The van der Waals surface area contributed by atoms with Crippen LogP contribution in [0.3, 0.4) is 0 Å². The molecule has 1 aromatic carbocycles. The number of halogens is 1. The fourth-order valence-corrected chi connectivity index (χ4v) is 1.42. The van der Waals surface area contributed by atoms with Gasteiger partial charge >= 0.3 is 6.09 Å². The Morgan fingerprint density at radius 2 is 2.26 bits per heavy atom. The highest BCUT2D eigenvalue weighted by molar-refractivity contribution is 6.31. The third-order valence-electron chi connectivity index (χ3n) is 2.07. The van der Waals surface area contributed by atoms with Crippen LogP contribution < -0.4 is 5.32 Å². The summed E-state index contributed by atoms with van der Waals surface area (Å²) in [6, 6.07) is 4.91. The number of rotatable bonds is 3. The first-order valence-corrected chi connectivity index (χ1v) is 6.23. The van der Waals surface area contributed by atoms with E-state index in [2.05, 4.69) is 17.2 Å². The van der Waals surface area contributed by atoms with Crippen LogP contribution in [0.15, 0.2) is 18.2 Å². The molecule has 1 aromatic rings. The van der Waals surface area contributed by atoms with Gasteiger partial charge in [0, 0.05) is 10.6 Å². The number of nitrogens with one attached hydrogen (secondary N) is 1. The molecule has 0 heterocycles. The van der Waals surface area contributed by atoms with Gasteiger partial charge in [-0.3, -0.25) is 5.32 Å². The molecule has 0 saturated carbocycles. The van der Waals surface area contributed by atoms with E-state index in [-0.39, 0.29) is 12.5 Å². The van der Waals surface area contributed by atoms with E-state index < -0.39 is 6.09 Å². The van der Waals surface area contributed by atoms with Gasteiger partial charge in [0.05, 0.1) is 12.3 Å². The van der Waals surface area contributed by atoms with Gasteiger partial charge in [-0.2, -0.15) is 0 Å². The van der Waals surface area contributed by atoms with E-state index >= 15 is 0 Å². The maximum absolute atomic E-state index is 11.6. The Morgan fingerprint density at radius 1 is 1.53 bits per heavy atom. The number of aliphatic hydroxyl groups excluding tert-OH is 1. The van der Waals surface area contributed by atoms with E-state index in [9.17, 15) is 4.79 Å². The van der Waals surface area contributed by atoms with Crippen LogP contribution in [0.1, 0.15) is 19.4 Å². The second kappa shape index (κ2) is 7.67. The molecule has 0 aliphatic carbocycles. The van der Waals surface area contributed by atoms with Crippen molar-refractivity contribution in [1.29, 1.82) is 0 Å². The lowest BCUT2D eigenvalue weighted by Gasteiger charge is -2.10. The van der Waals surface area contributed by atoms with Crippen LogP contribution >= 0.6 is 11.6 Å². The minimum atomic E-state index is -0.553. The monoisotopic (exact) mass is 281 g/mol. The van der Waals surface area contributed by atoms with Crippen LogP contribution in [-0.2, 0) is 4.74 Å². The largest absolute Gasteiger partial charge is 0.449 e. The summed E-state index contributed by atoms with van der Waals surface area (Å²) >= 11 is 5.87. The van der Waals surface area contributed by atoms with E-state index in [1.807, 2.05) is 13.8 Å². The lowest BCUT2D eigenvalue weighted by molar-refractivity contribution is 0.147. The van der Waals surface area contributed by atoms with Crippen molar-refractivity contribution in [3.63, 3.8) is 0 Å². The molecule has 19 heavy (non-hydrogen) atoms. The third kappa shape index (κ3) is 5.64. The maximum atomic E-state index is 11.6. The smallest absolute Gasteiger partial charge is 0.411 e. The van der Waals surface area contributed by atoms with Gasteiger partial charge < -0.3 is 9.84 Å². The molecule has 0 aliphatic rings. The number of ether oxygens (including phenoxy) is 1. The summed E-state index contributed by atoms with van der Waals surface area (Å²) in [5.41, 5.74) is 1.03. The summed E-state index contributed by atoms with van der Waals surface area (Å²) in [7, 11) is 0. The van der Waals surface area contributed by atoms with Gasteiger partial charge in [-0.25, -0.2) is 4.79 Å². The Morgan fingerprint density at radius 3 is 2.89 bits per heavy atom. The second-order valence-electron chi connectivity index (χ2n) is 4.27. The summed E-state index contributed by atoms with van der Waals surface area (Å²) < 4.78 is 5.02. The van der Waals surface area contributed by atoms with Crippen molar-refractivity contribution in [1.82, 2.24) is 0 Å². The number of carbonyl (C=O) groups excluding carboxylic acids is 1. The summed E-state index contributed by atoms with van der Waals surface area (Å²) in [5, 5.41) is 11.8. The van der Waals surface area contributed by atoms with Crippen molar-refractivity contribution in [2.75, 3.05) is 18.5 Å². The first-order chi connectivity index (χ1) is 9.02. The number of anilines is 1. The highest BCUT2D eigenvalue weighted by Crippen LogP contribution is 2.20. The Hall–Kier alpha value is -1.70. The second-order valence-corrected chi connectivity index (χ2v) is 4.70. The molecule has 0 aliphatic heterocycles. The number of hydrogen-bond donors (Lipinski definition) is 2. The van der Waals surface area contributed by atoms with Gasteiger partial charge in [0.15, 0.2) is 0 Å². The number of benzene rings is 1. The zero-order valence-electron chi connectivity index (χ0n) is 10.9. The number of hydrogen-bond acceptors (Lipinski definition) is 3. The van der Waals surface area contributed by atoms with Crippen molar-refractivity contribution in [3.05, 3.63) is 28.8 Å². The lowest BCUT2D eigenvalue weighted by Crippen LogP contribution is -2.17. The fourth-order valence-electron chi connectivity index (χ4n) is 1.25. The summed E-state index contributed by atoms with van der Waals surface area (Å²) in [6.45, 7) is 3.99. The Labute approximate surface area is 117 Å². The highest BCUT2D eigenvalue weighted by Gasteiger charge is 2.08. The van der Waals surface area contributed by atoms with Crippen molar-refractivity contribution >= 4 is 23.4 Å². The molecule has 5 heteroatoms. The molecule has 0 aromatic heterocycles. The van der Waals surface area contributed by atoms with Crippen LogP contribution in [0.5, 0.6) is 0 Å². The third-order valence-corrected chi connectivity index (χ3v) is 2.30. The maximum Gasteiger partial charge on any atom is 0.411 e. The van der Waals surface area contributed by atoms with E-state index in [4.69, 9.17) is 21.4 Å². The number of amides is 1. The minimum Gasteiger partial charge on any atom is -0.449 e. The van der Waals surface area contributed by atoms with Gasteiger partial charge in [0.25, 0.3) is 0 Å². The van der Waals surface area contributed by atoms with Gasteiger partial charge in [-0.05, 0) is 24.1 Å². The van der Waals surface area contributed by atoms with Gasteiger partial charge in [-0.1, -0.05) is 37.3 Å². The molecule has 4 nitrogen and oxygen atoms in total. The first kappa shape index (κ1) is 15.4. The number of aliphatic hydroxyl groups is 1. The van der Waals surface area contributed by atoms with Crippen LogP contribution in [0.25, 0.3) is 0 Å². The quantitative estimate of drug-likeness (QED) is 0.838. The minimum absolute atomic E-state index is 0.250. The van der Waals surface area contributed by atoms with Crippen molar-refractivity contribution in [2.24, 2.45) is 5.92 Å². The molecule has 1 amide bonds. The predicted octanol–water partition coefficient (Wildman–Crippen LogP) is 2.89. The SMILES string of the molecule is CC(C)COC(=O)Nc1cc(Cl)ccc1C#CCO. The van der Waals surface area contributed by atoms with E-state index in [0.717, 1.165) is 0 Å². The van der Waals surface area contributed by atoms with Crippen LogP contribution in [0, 0.1) is 17.8 Å².